The first-order valence-corrected chi connectivity index (χ1v) is 5.94. The van der Waals surface area contributed by atoms with Crippen LogP contribution in [0.1, 0.15) is 25.0 Å². The normalized spacial score (nSPS) is 17.9. The van der Waals surface area contributed by atoms with Crippen LogP contribution in [0, 0.1) is 3.57 Å². The molecule has 2 rings (SSSR count). The third kappa shape index (κ3) is 1.92. The van der Waals surface area contributed by atoms with Crippen molar-refractivity contribution in [2.24, 2.45) is 0 Å². The van der Waals surface area contributed by atoms with E-state index in [1.165, 1.54) is 13.8 Å². The fraction of sp³-hybridized carbons (Fsp3) is 0.364. The summed E-state index contributed by atoms with van der Waals surface area (Å²) in [5.74, 6) is -0.403. The van der Waals surface area contributed by atoms with Crippen molar-refractivity contribution < 1.29 is 18.0 Å². The summed E-state index contributed by atoms with van der Waals surface area (Å²) in [5.41, 5.74) is -1.58. The van der Waals surface area contributed by atoms with Crippen molar-refractivity contribution in [2.45, 2.75) is 25.4 Å². The van der Waals surface area contributed by atoms with Gasteiger partial charge in [0.15, 0.2) is 0 Å². The second-order valence-corrected chi connectivity index (χ2v) is 5.70. The smallest absolute Gasteiger partial charge is 0.325 e. The van der Waals surface area contributed by atoms with Gasteiger partial charge < -0.3 is 5.32 Å². The minimum absolute atomic E-state index is 0.0374. The quantitative estimate of drug-likeness (QED) is 0.709. The highest BCUT2D eigenvalue weighted by Crippen LogP contribution is 2.46. The number of alkyl halides is 3. The van der Waals surface area contributed by atoms with Crippen LogP contribution in [-0.2, 0) is 16.4 Å². The van der Waals surface area contributed by atoms with Crippen molar-refractivity contribution in [3.8, 4) is 0 Å². The van der Waals surface area contributed by atoms with Crippen LogP contribution >= 0.6 is 22.6 Å². The maximum Gasteiger partial charge on any atom is 0.416 e. The van der Waals surface area contributed by atoms with Crippen LogP contribution in [0.25, 0.3) is 0 Å². The van der Waals surface area contributed by atoms with Gasteiger partial charge >= 0.3 is 6.18 Å². The van der Waals surface area contributed by atoms with E-state index in [9.17, 15) is 18.0 Å². The molecular formula is C11H9F3INO. The fourth-order valence-electron chi connectivity index (χ4n) is 1.99. The summed E-state index contributed by atoms with van der Waals surface area (Å²) in [6.45, 7) is 2.99. The zero-order valence-electron chi connectivity index (χ0n) is 9.07. The number of hydrogen-bond donors (Lipinski definition) is 1. The molecule has 1 aliphatic rings. The molecule has 17 heavy (non-hydrogen) atoms. The van der Waals surface area contributed by atoms with Crippen molar-refractivity contribution in [3.63, 3.8) is 0 Å². The summed E-state index contributed by atoms with van der Waals surface area (Å²) < 4.78 is 39.3. The zero-order chi connectivity index (χ0) is 13.0. The maximum absolute atomic E-state index is 13.0. The van der Waals surface area contributed by atoms with Gasteiger partial charge in [0, 0.05) is 14.8 Å². The van der Waals surface area contributed by atoms with Gasteiger partial charge in [-0.15, -0.1) is 0 Å². The van der Waals surface area contributed by atoms with Crippen molar-refractivity contribution in [1.29, 1.82) is 0 Å². The molecule has 92 valence electrons. The first-order chi connectivity index (χ1) is 7.64. The summed E-state index contributed by atoms with van der Waals surface area (Å²) >= 11 is 1.81. The molecule has 0 fully saturated rings. The number of anilines is 1. The van der Waals surface area contributed by atoms with Crippen LogP contribution in [0.5, 0.6) is 0 Å². The topological polar surface area (TPSA) is 29.1 Å². The Kier molecular flexibility index (Phi) is 2.68. The fourth-order valence-corrected chi connectivity index (χ4v) is 2.62. The number of halogens is 4. The van der Waals surface area contributed by atoms with Crippen molar-refractivity contribution >= 4 is 34.2 Å². The first-order valence-electron chi connectivity index (χ1n) is 4.86. The molecular weight excluding hydrogens is 346 g/mol. The lowest BCUT2D eigenvalue weighted by Crippen LogP contribution is -2.29. The lowest BCUT2D eigenvalue weighted by Gasteiger charge is -2.20. The van der Waals surface area contributed by atoms with Crippen LogP contribution < -0.4 is 5.32 Å². The molecule has 1 heterocycles. The molecule has 0 radical (unpaired) electrons. The van der Waals surface area contributed by atoms with E-state index in [2.05, 4.69) is 5.32 Å². The Bertz CT molecular complexity index is 508. The lowest BCUT2D eigenvalue weighted by atomic mass is 9.83. The molecule has 0 saturated carbocycles. The van der Waals surface area contributed by atoms with Crippen molar-refractivity contribution in [1.82, 2.24) is 0 Å². The minimum atomic E-state index is -4.45. The van der Waals surface area contributed by atoms with Gasteiger partial charge in [-0.1, -0.05) is 0 Å². The average molecular weight is 355 g/mol. The SMILES string of the molecule is CC1(C)C(=O)Nc2cc(I)cc(C(F)(F)F)c21. The predicted molar refractivity (Wildman–Crippen MR) is 65.8 cm³/mol. The zero-order valence-corrected chi connectivity index (χ0v) is 11.2. The summed E-state index contributed by atoms with van der Waals surface area (Å²) in [6, 6.07) is 2.62. The lowest BCUT2D eigenvalue weighted by molar-refractivity contribution is -0.138. The Morgan fingerprint density at radius 3 is 2.41 bits per heavy atom. The van der Waals surface area contributed by atoms with Gasteiger partial charge in [0.05, 0.1) is 11.0 Å². The Balaban J connectivity index is 2.77. The number of rotatable bonds is 0. The molecule has 0 aromatic heterocycles. The maximum atomic E-state index is 13.0. The minimum Gasteiger partial charge on any atom is -0.325 e. The largest absolute Gasteiger partial charge is 0.416 e. The third-order valence-electron chi connectivity index (χ3n) is 2.85. The van der Waals surface area contributed by atoms with E-state index in [1.54, 1.807) is 28.7 Å². The Hall–Kier alpha value is -0.790. The molecule has 0 aliphatic carbocycles. The second kappa shape index (κ2) is 3.60. The molecule has 1 aromatic rings. The van der Waals surface area contributed by atoms with Crippen LogP contribution in [0.4, 0.5) is 18.9 Å². The van der Waals surface area contributed by atoms with Crippen molar-refractivity contribution in [2.75, 3.05) is 5.32 Å². The number of carbonyl (C=O) groups is 1. The monoisotopic (exact) mass is 355 g/mol. The van der Waals surface area contributed by atoms with Crippen LogP contribution in [0.2, 0.25) is 0 Å². The number of hydrogen-bond acceptors (Lipinski definition) is 1. The molecule has 0 atom stereocenters. The molecule has 0 saturated heterocycles. The van der Waals surface area contributed by atoms with E-state index in [0.29, 0.717) is 3.57 Å². The number of carbonyl (C=O) groups excluding carboxylic acids is 1. The molecule has 1 N–H and O–H groups in total. The first kappa shape index (κ1) is 12.7. The van der Waals surface area contributed by atoms with Gasteiger partial charge in [-0.25, -0.2) is 0 Å². The summed E-state index contributed by atoms with van der Waals surface area (Å²) in [7, 11) is 0. The summed E-state index contributed by atoms with van der Waals surface area (Å²) in [4.78, 5) is 11.7. The third-order valence-corrected chi connectivity index (χ3v) is 3.47. The van der Waals surface area contributed by atoms with E-state index >= 15 is 0 Å². The summed E-state index contributed by atoms with van der Waals surface area (Å²) in [5, 5.41) is 2.50. The van der Waals surface area contributed by atoms with Gasteiger partial charge in [-0.05, 0) is 48.6 Å². The Labute approximate surface area is 110 Å². The predicted octanol–water partition coefficient (Wildman–Crippen LogP) is 3.54. The molecule has 0 unspecified atom stereocenters. The molecule has 0 spiro atoms. The highest BCUT2D eigenvalue weighted by Gasteiger charge is 2.46. The second-order valence-electron chi connectivity index (χ2n) is 4.45. The van der Waals surface area contributed by atoms with Gasteiger partial charge in [0.1, 0.15) is 0 Å². The van der Waals surface area contributed by atoms with Gasteiger partial charge in [-0.2, -0.15) is 13.2 Å². The van der Waals surface area contributed by atoms with E-state index < -0.39 is 23.1 Å². The molecule has 1 amide bonds. The standard InChI is InChI=1S/C11H9F3INO/c1-10(2)8-6(11(12,13)14)3-5(15)4-7(8)16-9(10)17/h3-4H,1-2H3,(H,16,17). The molecule has 6 heteroatoms. The molecule has 1 aliphatic heterocycles. The molecule has 1 aromatic carbocycles. The number of amides is 1. The van der Waals surface area contributed by atoms with Crippen molar-refractivity contribution in [3.05, 3.63) is 26.8 Å². The van der Waals surface area contributed by atoms with E-state index in [0.717, 1.165) is 6.07 Å². The highest BCUT2D eigenvalue weighted by atomic mass is 127. The van der Waals surface area contributed by atoms with Crippen LogP contribution in [0.3, 0.4) is 0 Å². The average Bonchev–Trinajstić information content (AvgIpc) is 2.35. The van der Waals surface area contributed by atoms with Crippen LogP contribution in [-0.4, -0.2) is 5.91 Å². The van der Waals surface area contributed by atoms with Gasteiger partial charge in [0.2, 0.25) is 5.91 Å². The van der Waals surface area contributed by atoms with E-state index in [-0.39, 0.29) is 11.3 Å². The number of nitrogens with one attached hydrogen (secondary N) is 1. The van der Waals surface area contributed by atoms with E-state index in [4.69, 9.17) is 0 Å². The summed E-state index contributed by atoms with van der Waals surface area (Å²) in [6.07, 6.45) is -4.45. The van der Waals surface area contributed by atoms with Gasteiger partial charge in [-0.3, -0.25) is 4.79 Å². The Morgan fingerprint density at radius 1 is 1.29 bits per heavy atom. The highest BCUT2D eigenvalue weighted by molar-refractivity contribution is 14.1. The molecule has 0 bridgehead atoms. The number of fused-ring (bicyclic) bond motifs is 1. The number of benzene rings is 1. The Morgan fingerprint density at radius 2 is 1.88 bits per heavy atom. The van der Waals surface area contributed by atoms with Gasteiger partial charge in [0.25, 0.3) is 0 Å². The molecule has 2 nitrogen and oxygen atoms in total. The van der Waals surface area contributed by atoms with Crippen LogP contribution in [0.15, 0.2) is 12.1 Å². The van der Waals surface area contributed by atoms with E-state index in [1.807, 2.05) is 0 Å².